The molecule has 8 nitrogen and oxygen atoms in total. The third kappa shape index (κ3) is 4.99. The van der Waals surface area contributed by atoms with Gasteiger partial charge in [0.05, 0.1) is 10.6 Å². The Bertz CT molecular complexity index is 1250. The molecule has 0 amide bonds. The van der Waals surface area contributed by atoms with Crippen molar-refractivity contribution in [3.05, 3.63) is 70.9 Å². The molecule has 5 N–H and O–H groups in total. The highest BCUT2D eigenvalue weighted by Crippen LogP contribution is 2.26. The lowest BCUT2D eigenvalue weighted by Crippen LogP contribution is -2.24. The largest absolute Gasteiger partial charge is 0.369 e. The zero-order valence-electron chi connectivity index (χ0n) is 15.3. The second kappa shape index (κ2) is 8.73. The molecule has 0 aliphatic heterocycles. The summed E-state index contributed by atoms with van der Waals surface area (Å²) in [6.45, 7) is 0. The molecule has 0 atom stereocenters. The highest BCUT2D eigenvalue weighted by molar-refractivity contribution is 7.90. The van der Waals surface area contributed by atoms with Crippen molar-refractivity contribution in [1.29, 1.82) is 5.26 Å². The molecular weight excluding hydrogens is 427 g/mol. The van der Waals surface area contributed by atoms with Crippen LogP contribution in [0.3, 0.4) is 0 Å². The van der Waals surface area contributed by atoms with Crippen molar-refractivity contribution >= 4 is 38.6 Å². The summed E-state index contributed by atoms with van der Waals surface area (Å²) in [5, 5.41) is 14.6. The fraction of sp³-hybridized carbons (Fsp3) is 0. The average Bonchev–Trinajstić information content (AvgIpc) is 3.18. The highest BCUT2D eigenvalue weighted by Gasteiger charge is 2.13. The van der Waals surface area contributed by atoms with Crippen molar-refractivity contribution in [1.82, 2.24) is 4.98 Å². The summed E-state index contributed by atoms with van der Waals surface area (Å²) in [4.78, 5) is 4.34. The SMILES string of the molecule is N#C/C(=C\Nc1ccc(S(=O)(=O)N=C(N)N)cc1)c1nc(-c2ccc(F)cc2)cs1. The lowest BCUT2D eigenvalue weighted by Gasteiger charge is -2.03. The lowest BCUT2D eigenvalue weighted by atomic mass is 10.2. The van der Waals surface area contributed by atoms with E-state index in [0.717, 1.165) is 5.56 Å². The molecule has 152 valence electrons. The third-order valence-corrected chi connectivity index (χ3v) is 5.95. The number of sulfonamides is 1. The van der Waals surface area contributed by atoms with Crippen LogP contribution in [0.1, 0.15) is 5.01 Å². The van der Waals surface area contributed by atoms with Gasteiger partial charge < -0.3 is 16.8 Å². The van der Waals surface area contributed by atoms with E-state index in [4.69, 9.17) is 11.5 Å². The summed E-state index contributed by atoms with van der Waals surface area (Å²) in [6, 6.07) is 13.6. The van der Waals surface area contributed by atoms with Crippen LogP contribution in [0.2, 0.25) is 0 Å². The Kier molecular flexibility index (Phi) is 6.10. The summed E-state index contributed by atoms with van der Waals surface area (Å²) in [7, 11) is -3.97. The fourth-order valence-corrected chi connectivity index (χ4v) is 4.02. The Balaban J connectivity index is 1.77. The van der Waals surface area contributed by atoms with Crippen LogP contribution in [-0.2, 0) is 10.0 Å². The Morgan fingerprint density at radius 1 is 1.17 bits per heavy atom. The maximum atomic E-state index is 13.1. The van der Waals surface area contributed by atoms with E-state index in [1.165, 1.54) is 53.9 Å². The zero-order chi connectivity index (χ0) is 21.7. The van der Waals surface area contributed by atoms with Gasteiger partial charge in [-0.05, 0) is 48.5 Å². The van der Waals surface area contributed by atoms with Crippen LogP contribution in [0, 0.1) is 17.1 Å². The Hall–Kier alpha value is -3.75. The van der Waals surface area contributed by atoms with E-state index < -0.39 is 16.0 Å². The first-order valence-electron chi connectivity index (χ1n) is 8.33. The first-order chi connectivity index (χ1) is 14.3. The molecule has 11 heteroatoms. The van der Waals surface area contributed by atoms with Gasteiger partial charge in [-0.2, -0.15) is 13.7 Å². The van der Waals surface area contributed by atoms with Gasteiger partial charge in [0.1, 0.15) is 22.5 Å². The normalized spacial score (nSPS) is 11.5. The standard InChI is InChI=1S/C19H15FN6O2S2/c20-14-3-1-12(2-4-14)17-11-29-18(25-17)13(9-21)10-24-15-5-7-16(8-6-15)30(27,28)26-19(22)23/h1-8,10-11,24H,(H4,22,23,26)/b13-10+. The molecule has 30 heavy (non-hydrogen) atoms. The molecule has 0 bridgehead atoms. The molecule has 0 aliphatic rings. The van der Waals surface area contributed by atoms with Gasteiger partial charge in [0.25, 0.3) is 10.0 Å². The van der Waals surface area contributed by atoms with E-state index in [0.29, 0.717) is 16.4 Å². The monoisotopic (exact) mass is 442 g/mol. The number of allylic oxidation sites excluding steroid dienone is 1. The molecule has 0 unspecified atom stereocenters. The number of nitriles is 1. The van der Waals surface area contributed by atoms with Crippen molar-refractivity contribution < 1.29 is 12.8 Å². The molecule has 1 heterocycles. The molecule has 0 saturated heterocycles. The molecule has 0 spiro atoms. The van der Waals surface area contributed by atoms with Crippen LogP contribution in [0.15, 0.2) is 69.4 Å². The molecule has 0 saturated carbocycles. The predicted octanol–water partition coefficient (Wildman–Crippen LogP) is 2.89. The van der Waals surface area contributed by atoms with E-state index in [2.05, 4.69) is 20.8 Å². The van der Waals surface area contributed by atoms with Gasteiger partial charge >= 0.3 is 0 Å². The summed E-state index contributed by atoms with van der Waals surface area (Å²) in [5.74, 6) is -0.893. The number of nitrogens with one attached hydrogen (secondary N) is 1. The molecule has 3 aromatic rings. The summed E-state index contributed by atoms with van der Waals surface area (Å²) in [6.07, 6.45) is 1.47. The maximum absolute atomic E-state index is 13.1. The van der Waals surface area contributed by atoms with Crippen molar-refractivity contribution in [2.75, 3.05) is 5.32 Å². The average molecular weight is 443 g/mol. The highest BCUT2D eigenvalue weighted by atomic mass is 32.2. The minimum atomic E-state index is -3.97. The van der Waals surface area contributed by atoms with Crippen LogP contribution < -0.4 is 16.8 Å². The number of rotatable bonds is 6. The van der Waals surface area contributed by atoms with Gasteiger partial charge in [-0.25, -0.2) is 9.37 Å². The van der Waals surface area contributed by atoms with Gasteiger partial charge in [0.15, 0.2) is 0 Å². The first kappa shape index (κ1) is 21.0. The summed E-state index contributed by atoms with van der Waals surface area (Å²) >= 11 is 1.27. The molecular formula is C19H15FN6O2S2. The Morgan fingerprint density at radius 3 is 2.43 bits per heavy atom. The smallest absolute Gasteiger partial charge is 0.285 e. The fourth-order valence-electron chi connectivity index (χ4n) is 2.36. The number of guanidine groups is 1. The number of aromatic nitrogens is 1. The van der Waals surface area contributed by atoms with Crippen molar-refractivity contribution in [3.8, 4) is 17.3 Å². The molecule has 3 rings (SSSR count). The van der Waals surface area contributed by atoms with Gasteiger partial charge in [-0.1, -0.05) is 0 Å². The second-order valence-corrected chi connectivity index (χ2v) is 8.34. The van der Waals surface area contributed by atoms with Gasteiger partial charge in [0, 0.05) is 22.8 Å². The molecule has 0 fully saturated rings. The van der Waals surface area contributed by atoms with Crippen molar-refractivity contribution in [3.63, 3.8) is 0 Å². The van der Waals surface area contributed by atoms with E-state index in [-0.39, 0.29) is 16.3 Å². The quantitative estimate of drug-likeness (QED) is 0.302. The number of nitrogens with two attached hydrogens (primary N) is 2. The lowest BCUT2D eigenvalue weighted by molar-refractivity contribution is 0.598. The van der Waals surface area contributed by atoms with E-state index >= 15 is 0 Å². The van der Waals surface area contributed by atoms with E-state index in [9.17, 15) is 18.1 Å². The second-order valence-electron chi connectivity index (χ2n) is 5.87. The Morgan fingerprint density at radius 2 is 1.83 bits per heavy atom. The first-order valence-corrected chi connectivity index (χ1v) is 10.6. The molecule has 2 aromatic carbocycles. The van der Waals surface area contributed by atoms with Crippen molar-refractivity contribution in [2.24, 2.45) is 15.9 Å². The van der Waals surface area contributed by atoms with Crippen LogP contribution in [0.25, 0.3) is 16.8 Å². The molecule has 0 radical (unpaired) electrons. The van der Waals surface area contributed by atoms with Crippen LogP contribution in [0.5, 0.6) is 0 Å². The van der Waals surface area contributed by atoms with Crippen LogP contribution in [0.4, 0.5) is 10.1 Å². The molecule has 0 aliphatic carbocycles. The van der Waals surface area contributed by atoms with Crippen LogP contribution >= 0.6 is 11.3 Å². The van der Waals surface area contributed by atoms with Gasteiger partial charge in [-0.3, -0.25) is 0 Å². The number of anilines is 1. The number of hydrogen-bond donors (Lipinski definition) is 3. The Labute approximate surface area is 176 Å². The van der Waals surface area contributed by atoms with E-state index in [1.807, 2.05) is 0 Å². The number of hydrogen-bond acceptors (Lipinski definition) is 6. The number of benzene rings is 2. The third-order valence-electron chi connectivity index (χ3n) is 3.76. The van der Waals surface area contributed by atoms with Crippen LogP contribution in [-0.4, -0.2) is 19.4 Å². The topological polar surface area (TPSA) is 147 Å². The van der Waals surface area contributed by atoms with Crippen molar-refractivity contribution in [2.45, 2.75) is 4.90 Å². The molecule has 1 aromatic heterocycles. The van der Waals surface area contributed by atoms with Gasteiger partial charge in [-0.15, -0.1) is 15.7 Å². The maximum Gasteiger partial charge on any atom is 0.285 e. The minimum Gasteiger partial charge on any atom is -0.369 e. The minimum absolute atomic E-state index is 0.0743. The number of halogens is 1. The number of thiazole rings is 1. The van der Waals surface area contributed by atoms with Gasteiger partial charge in [0.2, 0.25) is 5.96 Å². The zero-order valence-corrected chi connectivity index (χ0v) is 16.9. The van der Waals surface area contributed by atoms with E-state index in [1.54, 1.807) is 17.5 Å². The summed E-state index contributed by atoms with van der Waals surface area (Å²) < 4.78 is 40.2. The predicted molar refractivity (Wildman–Crippen MR) is 114 cm³/mol. The number of nitrogens with zero attached hydrogens (tertiary/aromatic N) is 3. The summed E-state index contributed by atoms with van der Waals surface area (Å²) in [5.41, 5.74) is 12.4.